The lowest BCUT2D eigenvalue weighted by Gasteiger charge is -2.06. The lowest BCUT2D eigenvalue weighted by molar-refractivity contribution is -0.137. The molecule has 3 N–H and O–H groups in total. The molecule has 9 heteroatoms. The fourth-order valence-corrected chi connectivity index (χ4v) is 1.65. The molecule has 0 aliphatic rings. The molecule has 0 spiro atoms. The lowest BCUT2D eigenvalue weighted by atomic mass is 10.1. The molecule has 0 fully saturated rings. The second-order valence-corrected chi connectivity index (χ2v) is 4.32. The zero-order chi connectivity index (χ0) is 17.0. The fourth-order valence-electron chi connectivity index (χ4n) is 1.65. The van der Waals surface area contributed by atoms with Gasteiger partial charge in [-0.15, -0.1) is 0 Å². The predicted octanol–water partition coefficient (Wildman–Crippen LogP) is 2.15. The largest absolute Gasteiger partial charge is 0.416 e. The van der Waals surface area contributed by atoms with E-state index in [0.29, 0.717) is 0 Å². The summed E-state index contributed by atoms with van der Waals surface area (Å²) in [6, 6.07) is 4.40. The molecule has 0 aliphatic heterocycles. The molecule has 1 aromatic heterocycles. The summed E-state index contributed by atoms with van der Waals surface area (Å²) in [5.74, 6) is -2.10. The maximum atomic E-state index is 12.6. The highest BCUT2D eigenvalue weighted by atomic mass is 19.4. The van der Waals surface area contributed by atoms with Crippen LogP contribution in [0.15, 0.2) is 36.7 Å². The van der Waals surface area contributed by atoms with Gasteiger partial charge in [0.2, 0.25) is 0 Å². The predicted molar refractivity (Wildman–Crippen MR) is 73.2 cm³/mol. The van der Waals surface area contributed by atoms with Crippen LogP contribution in [0, 0.1) is 0 Å². The molecule has 0 bridgehead atoms. The highest BCUT2D eigenvalue weighted by molar-refractivity contribution is 5.95. The maximum absolute atomic E-state index is 12.6. The van der Waals surface area contributed by atoms with Crippen LogP contribution in [0.3, 0.4) is 0 Å². The minimum Gasteiger partial charge on any atom is -0.402 e. The summed E-state index contributed by atoms with van der Waals surface area (Å²) >= 11 is 0. The quantitative estimate of drug-likeness (QED) is 0.664. The van der Waals surface area contributed by atoms with Crippen LogP contribution in [0.25, 0.3) is 6.08 Å². The number of halogens is 3. The van der Waals surface area contributed by atoms with E-state index in [1.54, 1.807) is 0 Å². The number of primary amides is 1. The van der Waals surface area contributed by atoms with Gasteiger partial charge in [0.15, 0.2) is 5.69 Å². The summed E-state index contributed by atoms with van der Waals surface area (Å²) in [5, 5.41) is 0. The molecule has 0 radical (unpaired) electrons. The minimum atomic E-state index is -4.48. The molecule has 1 aromatic carbocycles. The Bertz CT molecular complexity index is 766. The van der Waals surface area contributed by atoms with Crippen LogP contribution >= 0.6 is 0 Å². The summed E-state index contributed by atoms with van der Waals surface area (Å²) in [4.78, 5) is 28.6. The molecule has 0 atom stereocenters. The number of nitrogens with one attached hydrogen (secondary N) is 1. The Morgan fingerprint density at radius 3 is 2.70 bits per heavy atom. The number of hydrogen-bond acceptors (Lipinski definition) is 4. The molecule has 0 aliphatic carbocycles. The topological polar surface area (TPSA) is 98.1 Å². The Kier molecular flexibility index (Phi) is 4.49. The minimum absolute atomic E-state index is 0.161. The number of imidazole rings is 1. The van der Waals surface area contributed by atoms with Crippen molar-refractivity contribution in [2.24, 2.45) is 5.73 Å². The summed E-state index contributed by atoms with van der Waals surface area (Å²) in [7, 11) is 0. The molecule has 6 nitrogen and oxygen atoms in total. The van der Waals surface area contributed by atoms with Crippen molar-refractivity contribution in [3.8, 4) is 5.88 Å². The number of alkyl halides is 3. The van der Waals surface area contributed by atoms with Crippen molar-refractivity contribution >= 4 is 18.0 Å². The third-order valence-corrected chi connectivity index (χ3v) is 2.67. The van der Waals surface area contributed by atoms with Gasteiger partial charge in [0.05, 0.1) is 11.9 Å². The van der Waals surface area contributed by atoms with Crippen molar-refractivity contribution in [2.45, 2.75) is 6.18 Å². The number of aromatic nitrogens is 2. The molecular formula is C14H10F3N3O3. The van der Waals surface area contributed by atoms with Gasteiger partial charge in [-0.1, -0.05) is 12.1 Å². The van der Waals surface area contributed by atoms with Crippen molar-refractivity contribution in [3.05, 3.63) is 53.5 Å². The summed E-state index contributed by atoms with van der Waals surface area (Å²) in [6.45, 7) is 0. The highest BCUT2D eigenvalue weighted by Gasteiger charge is 2.30. The number of ether oxygens (including phenoxy) is 1. The number of benzene rings is 1. The molecule has 1 amide bonds. The van der Waals surface area contributed by atoms with Crippen LogP contribution < -0.4 is 10.5 Å². The number of hydrogen-bond donors (Lipinski definition) is 2. The summed E-state index contributed by atoms with van der Waals surface area (Å²) in [6.07, 6.45) is -1.31. The van der Waals surface area contributed by atoms with Crippen LogP contribution in [0.1, 0.15) is 21.6 Å². The third kappa shape index (κ3) is 4.19. The summed E-state index contributed by atoms with van der Waals surface area (Å²) in [5.41, 5.74) is 4.17. The van der Waals surface area contributed by atoms with Crippen LogP contribution in [0.5, 0.6) is 5.88 Å². The van der Waals surface area contributed by atoms with Crippen molar-refractivity contribution in [3.63, 3.8) is 0 Å². The van der Waals surface area contributed by atoms with Crippen molar-refractivity contribution in [1.29, 1.82) is 0 Å². The second kappa shape index (κ2) is 6.34. The third-order valence-electron chi connectivity index (χ3n) is 2.67. The van der Waals surface area contributed by atoms with E-state index in [0.717, 1.165) is 30.6 Å². The molecule has 0 unspecified atom stereocenters. The Labute approximate surface area is 127 Å². The smallest absolute Gasteiger partial charge is 0.402 e. The molecule has 1 heterocycles. The molecule has 0 saturated heterocycles. The van der Waals surface area contributed by atoms with Gasteiger partial charge in [-0.3, -0.25) is 4.79 Å². The van der Waals surface area contributed by atoms with E-state index < -0.39 is 23.6 Å². The molecule has 2 rings (SSSR count). The van der Waals surface area contributed by atoms with E-state index in [1.165, 1.54) is 12.1 Å². The average molecular weight is 325 g/mol. The number of carbonyl (C=O) groups is 2. The van der Waals surface area contributed by atoms with Crippen molar-refractivity contribution in [1.82, 2.24) is 9.97 Å². The van der Waals surface area contributed by atoms with E-state index in [1.807, 2.05) is 0 Å². The number of aromatic amines is 1. The zero-order valence-electron chi connectivity index (χ0n) is 11.4. The van der Waals surface area contributed by atoms with Crippen LogP contribution in [-0.4, -0.2) is 21.8 Å². The van der Waals surface area contributed by atoms with Crippen molar-refractivity contribution < 1.29 is 27.5 Å². The summed E-state index contributed by atoms with van der Waals surface area (Å²) < 4.78 is 42.5. The normalized spacial score (nSPS) is 11.6. The number of nitrogens with two attached hydrogens (primary N) is 1. The van der Waals surface area contributed by atoms with Gasteiger partial charge in [0.1, 0.15) is 0 Å². The van der Waals surface area contributed by atoms with E-state index in [2.05, 4.69) is 9.97 Å². The number of rotatable bonds is 4. The molecule has 23 heavy (non-hydrogen) atoms. The van der Waals surface area contributed by atoms with Gasteiger partial charge >= 0.3 is 12.1 Å². The molecular weight excluding hydrogens is 315 g/mol. The van der Waals surface area contributed by atoms with E-state index >= 15 is 0 Å². The Morgan fingerprint density at radius 1 is 1.30 bits per heavy atom. The first-order valence-electron chi connectivity index (χ1n) is 6.17. The first kappa shape index (κ1) is 16.3. The van der Waals surface area contributed by atoms with Gasteiger partial charge in [0, 0.05) is 6.08 Å². The Hall–Kier alpha value is -3.10. The van der Waals surface area contributed by atoms with Crippen LogP contribution in [0.4, 0.5) is 13.2 Å². The van der Waals surface area contributed by atoms with Gasteiger partial charge in [-0.25, -0.2) is 9.78 Å². The highest BCUT2D eigenvalue weighted by Crippen LogP contribution is 2.29. The molecule has 2 aromatic rings. The average Bonchev–Trinajstić information content (AvgIpc) is 2.93. The van der Waals surface area contributed by atoms with Gasteiger partial charge < -0.3 is 15.5 Å². The number of carbonyl (C=O) groups excluding carboxylic acids is 2. The monoisotopic (exact) mass is 325 g/mol. The first-order valence-corrected chi connectivity index (χ1v) is 6.17. The fraction of sp³-hybridized carbons (Fsp3) is 0.0714. The maximum Gasteiger partial charge on any atom is 0.416 e. The second-order valence-electron chi connectivity index (χ2n) is 4.32. The van der Waals surface area contributed by atoms with Crippen LogP contribution in [0.2, 0.25) is 0 Å². The van der Waals surface area contributed by atoms with Gasteiger partial charge in [0.25, 0.3) is 11.8 Å². The molecule has 0 saturated carbocycles. The SMILES string of the molecule is NC(=O)c1[nH]cnc1OC(=O)C=Cc1cccc(C(F)(F)F)c1. The van der Waals surface area contributed by atoms with Crippen LogP contribution in [-0.2, 0) is 11.0 Å². The Morgan fingerprint density at radius 2 is 2.04 bits per heavy atom. The van der Waals surface area contributed by atoms with Gasteiger partial charge in [-0.2, -0.15) is 13.2 Å². The number of nitrogens with zero attached hydrogens (tertiary/aromatic N) is 1. The number of amides is 1. The van der Waals surface area contributed by atoms with E-state index in [9.17, 15) is 22.8 Å². The standard InChI is InChI=1S/C14H10F3N3O3/c15-14(16,17)9-3-1-2-8(6-9)4-5-10(21)23-13-11(12(18)22)19-7-20-13/h1-7H,(H2,18,22)(H,19,20). The van der Waals surface area contributed by atoms with Crippen molar-refractivity contribution in [2.75, 3.05) is 0 Å². The first-order chi connectivity index (χ1) is 10.8. The van der Waals surface area contributed by atoms with E-state index in [-0.39, 0.29) is 17.1 Å². The number of H-pyrrole nitrogens is 1. The molecule has 120 valence electrons. The van der Waals surface area contributed by atoms with E-state index in [4.69, 9.17) is 10.5 Å². The Balaban J connectivity index is 2.10. The lowest BCUT2D eigenvalue weighted by Crippen LogP contribution is -2.15. The van der Waals surface area contributed by atoms with Gasteiger partial charge in [-0.05, 0) is 23.8 Å². The zero-order valence-corrected chi connectivity index (χ0v) is 11.4. The number of esters is 1.